The molecule has 0 radical (unpaired) electrons. The van der Waals surface area contributed by atoms with Crippen LogP contribution in [-0.2, 0) is 11.2 Å². The van der Waals surface area contributed by atoms with E-state index in [1.807, 2.05) is 12.3 Å². The lowest BCUT2D eigenvalue weighted by atomic mass is 10.0. The average molecular weight is 306 g/mol. The summed E-state index contributed by atoms with van der Waals surface area (Å²) in [5, 5.41) is 25.1. The molecule has 0 fully saturated rings. The number of aryl methyl sites for hydroxylation is 1. The van der Waals surface area contributed by atoms with Crippen molar-refractivity contribution in [2.45, 2.75) is 20.3 Å². The molecule has 1 aromatic carbocycles. The molecule has 0 atom stereocenters. The summed E-state index contributed by atoms with van der Waals surface area (Å²) in [6.07, 6.45) is 0.293. The predicted octanol–water partition coefficient (Wildman–Crippen LogP) is 2.50. The van der Waals surface area contributed by atoms with Crippen molar-refractivity contribution in [1.29, 1.82) is 0 Å². The second-order valence-corrected chi connectivity index (χ2v) is 5.42. The number of esters is 1. The van der Waals surface area contributed by atoms with Crippen molar-refractivity contribution in [3.05, 3.63) is 39.8 Å². The molecule has 0 aliphatic carbocycles. The monoisotopic (exact) mass is 306 g/mol. The van der Waals surface area contributed by atoms with E-state index in [0.29, 0.717) is 12.0 Å². The second kappa shape index (κ2) is 6.36. The first kappa shape index (κ1) is 15.0. The topological polar surface area (TPSA) is 92.0 Å². The minimum absolute atomic E-state index is 0.131. The molecule has 110 valence electrons. The zero-order chi connectivity index (χ0) is 15.4. The minimum atomic E-state index is -0.476. The highest BCUT2D eigenvalue weighted by molar-refractivity contribution is 7.09. The normalized spacial score (nSPS) is 11.4. The fourth-order valence-corrected chi connectivity index (χ4v) is 2.44. The van der Waals surface area contributed by atoms with Crippen LogP contribution in [-0.4, -0.2) is 27.0 Å². The molecule has 0 amide bonds. The number of benzene rings is 1. The molecule has 1 heterocycles. The summed E-state index contributed by atoms with van der Waals surface area (Å²) in [4.78, 5) is 15.2. The Bertz CT molecular complexity index is 694. The summed E-state index contributed by atoms with van der Waals surface area (Å²) >= 11 is 1.50. The Morgan fingerprint density at radius 3 is 2.76 bits per heavy atom. The molecule has 0 aliphatic rings. The number of thiazole rings is 1. The Balaban J connectivity index is 2.24. The van der Waals surface area contributed by atoms with Gasteiger partial charge in [-0.1, -0.05) is 5.16 Å². The third-order valence-electron chi connectivity index (χ3n) is 2.68. The zero-order valence-corrected chi connectivity index (χ0v) is 12.3. The summed E-state index contributed by atoms with van der Waals surface area (Å²) in [5.74, 6) is -0.379. The molecule has 0 unspecified atom stereocenters. The van der Waals surface area contributed by atoms with Crippen LogP contribution in [0.25, 0.3) is 0 Å². The van der Waals surface area contributed by atoms with Crippen LogP contribution in [0.15, 0.2) is 28.7 Å². The molecule has 21 heavy (non-hydrogen) atoms. The van der Waals surface area contributed by atoms with Gasteiger partial charge in [-0.3, -0.25) is 4.79 Å². The van der Waals surface area contributed by atoms with Gasteiger partial charge in [0.2, 0.25) is 0 Å². The van der Waals surface area contributed by atoms with E-state index in [0.717, 1.165) is 10.7 Å². The fraction of sp³-hybridized carbons (Fsp3) is 0.214. The number of ether oxygens (including phenoxy) is 1. The van der Waals surface area contributed by atoms with Crippen molar-refractivity contribution in [3.63, 3.8) is 0 Å². The third kappa shape index (κ3) is 3.79. The molecule has 0 saturated carbocycles. The van der Waals surface area contributed by atoms with E-state index in [9.17, 15) is 9.90 Å². The number of hydrogen-bond acceptors (Lipinski definition) is 7. The second-order valence-electron chi connectivity index (χ2n) is 4.35. The molecule has 7 heteroatoms. The highest BCUT2D eigenvalue weighted by Crippen LogP contribution is 2.25. The lowest BCUT2D eigenvalue weighted by Gasteiger charge is -2.08. The van der Waals surface area contributed by atoms with Crippen molar-refractivity contribution in [2.75, 3.05) is 0 Å². The third-order valence-corrected chi connectivity index (χ3v) is 3.50. The van der Waals surface area contributed by atoms with Crippen molar-refractivity contribution in [1.82, 2.24) is 4.98 Å². The predicted molar refractivity (Wildman–Crippen MR) is 78.3 cm³/mol. The van der Waals surface area contributed by atoms with E-state index in [1.54, 1.807) is 0 Å². The number of phenolic OH excluding ortho intramolecular Hbond substituents is 1. The Kier molecular flexibility index (Phi) is 4.54. The van der Waals surface area contributed by atoms with Crippen LogP contribution in [0.4, 0.5) is 0 Å². The zero-order valence-electron chi connectivity index (χ0n) is 11.5. The number of aromatic hydroxyl groups is 1. The van der Waals surface area contributed by atoms with E-state index in [1.165, 1.54) is 36.5 Å². The van der Waals surface area contributed by atoms with Crippen LogP contribution < -0.4 is 4.74 Å². The molecular formula is C14H14N2O4S. The lowest BCUT2D eigenvalue weighted by molar-refractivity contribution is -0.131. The highest BCUT2D eigenvalue weighted by atomic mass is 32.1. The summed E-state index contributed by atoms with van der Waals surface area (Å²) < 4.78 is 4.87. The maximum Gasteiger partial charge on any atom is 0.308 e. The van der Waals surface area contributed by atoms with Crippen molar-refractivity contribution in [2.24, 2.45) is 5.16 Å². The molecule has 0 aliphatic heterocycles. The molecule has 0 spiro atoms. The van der Waals surface area contributed by atoms with Gasteiger partial charge in [0.15, 0.2) is 0 Å². The molecule has 2 aromatic rings. The molecule has 6 nitrogen and oxygen atoms in total. The Morgan fingerprint density at radius 1 is 1.48 bits per heavy atom. The maximum atomic E-state index is 10.9. The van der Waals surface area contributed by atoms with Crippen LogP contribution >= 0.6 is 11.3 Å². The lowest BCUT2D eigenvalue weighted by Crippen LogP contribution is -2.07. The number of hydrogen-bond donors (Lipinski definition) is 2. The van der Waals surface area contributed by atoms with Crippen LogP contribution in [0.2, 0.25) is 0 Å². The average Bonchev–Trinajstić information content (AvgIpc) is 2.81. The Morgan fingerprint density at radius 2 is 2.24 bits per heavy atom. The van der Waals surface area contributed by atoms with Crippen molar-refractivity contribution < 1.29 is 19.8 Å². The van der Waals surface area contributed by atoms with E-state index >= 15 is 0 Å². The van der Waals surface area contributed by atoms with Crippen LogP contribution in [0, 0.1) is 6.92 Å². The van der Waals surface area contributed by atoms with Gasteiger partial charge >= 0.3 is 5.97 Å². The summed E-state index contributed by atoms with van der Waals surface area (Å²) in [6.45, 7) is 3.16. The van der Waals surface area contributed by atoms with Gasteiger partial charge in [0.25, 0.3) is 0 Å². The number of rotatable bonds is 4. The first-order chi connectivity index (χ1) is 9.99. The van der Waals surface area contributed by atoms with Gasteiger partial charge in [-0.2, -0.15) is 0 Å². The summed E-state index contributed by atoms with van der Waals surface area (Å²) in [7, 11) is 0. The van der Waals surface area contributed by atoms with Crippen molar-refractivity contribution in [3.8, 4) is 11.5 Å². The fourth-order valence-electron chi connectivity index (χ4n) is 1.83. The van der Waals surface area contributed by atoms with Crippen LogP contribution in [0.1, 0.15) is 23.2 Å². The molecule has 2 N–H and O–H groups in total. The molecule has 2 rings (SSSR count). The molecular weight excluding hydrogens is 292 g/mol. The van der Waals surface area contributed by atoms with E-state index < -0.39 is 5.97 Å². The first-order valence-corrected chi connectivity index (χ1v) is 7.01. The largest absolute Gasteiger partial charge is 0.507 e. The van der Waals surface area contributed by atoms with Crippen molar-refractivity contribution >= 4 is 23.0 Å². The van der Waals surface area contributed by atoms with E-state index in [4.69, 9.17) is 9.94 Å². The maximum absolute atomic E-state index is 10.9. The number of carbonyl (C=O) groups is 1. The van der Waals surface area contributed by atoms with Gasteiger partial charge in [0.05, 0.1) is 16.4 Å². The summed E-state index contributed by atoms with van der Waals surface area (Å²) in [5.41, 5.74) is 1.40. The van der Waals surface area contributed by atoms with Crippen LogP contribution in [0.3, 0.4) is 0 Å². The number of phenols is 1. The number of nitrogens with zero attached hydrogens (tertiary/aromatic N) is 2. The summed E-state index contributed by atoms with van der Waals surface area (Å²) in [6, 6.07) is 4.35. The molecule has 0 saturated heterocycles. The number of aromatic nitrogens is 1. The molecule has 1 aromatic heterocycles. The van der Waals surface area contributed by atoms with Gasteiger partial charge in [0, 0.05) is 30.4 Å². The number of oxime groups is 1. The van der Waals surface area contributed by atoms with Gasteiger partial charge in [-0.05, 0) is 19.1 Å². The standard InChI is InChI=1S/C14H14N2O4S/c1-8-15-10(7-21-8)5-13(16-19)12-4-3-11(6-14(12)18)20-9(2)17/h3-4,6-7,18-19H,5H2,1-2H3/b16-13-. The van der Waals surface area contributed by atoms with Gasteiger partial charge in [0.1, 0.15) is 11.5 Å². The smallest absolute Gasteiger partial charge is 0.308 e. The van der Waals surface area contributed by atoms with Gasteiger partial charge in [-0.25, -0.2) is 4.98 Å². The van der Waals surface area contributed by atoms with E-state index in [2.05, 4.69) is 10.1 Å². The SMILES string of the molecule is CC(=O)Oc1ccc(/C(Cc2csc(C)n2)=N\O)c(O)c1. The van der Waals surface area contributed by atoms with Crippen LogP contribution in [0.5, 0.6) is 11.5 Å². The minimum Gasteiger partial charge on any atom is -0.507 e. The Hall–Kier alpha value is -2.41. The van der Waals surface area contributed by atoms with Gasteiger partial charge in [-0.15, -0.1) is 11.3 Å². The van der Waals surface area contributed by atoms with E-state index in [-0.39, 0.29) is 17.2 Å². The highest BCUT2D eigenvalue weighted by Gasteiger charge is 2.14. The van der Waals surface area contributed by atoms with Gasteiger partial charge < -0.3 is 15.1 Å². The quantitative estimate of drug-likeness (QED) is 0.298. The Labute approximate surface area is 125 Å². The number of carbonyl (C=O) groups excluding carboxylic acids is 1. The first-order valence-electron chi connectivity index (χ1n) is 6.13. The molecule has 0 bridgehead atoms.